The first-order valence-corrected chi connectivity index (χ1v) is 8.39. The molecule has 6 nitrogen and oxygen atoms in total. The lowest BCUT2D eigenvalue weighted by atomic mass is 10.1. The quantitative estimate of drug-likeness (QED) is 0.799. The Bertz CT molecular complexity index is 554. The maximum Gasteiger partial charge on any atom is 0.243 e. The lowest BCUT2D eigenvalue weighted by Gasteiger charge is -2.08. The van der Waals surface area contributed by atoms with Crippen LogP contribution in [0.1, 0.15) is 33.6 Å². The van der Waals surface area contributed by atoms with Crippen LogP contribution in [0.25, 0.3) is 0 Å². The summed E-state index contributed by atoms with van der Waals surface area (Å²) < 4.78 is 26.8. The topological polar surface area (TPSA) is 84.0 Å². The Kier molecular flexibility index (Phi) is 4.29. The van der Waals surface area contributed by atoms with Gasteiger partial charge in [0.1, 0.15) is 4.90 Å². The molecule has 0 radical (unpaired) electrons. The number of nitrogens with one attached hydrogen (secondary N) is 2. The van der Waals surface area contributed by atoms with Crippen molar-refractivity contribution in [3.63, 3.8) is 0 Å². The molecule has 0 amide bonds. The van der Waals surface area contributed by atoms with Crippen LogP contribution >= 0.6 is 0 Å². The third-order valence-corrected chi connectivity index (χ3v) is 5.09. The van der Waals surface area contributed by atoms with Crippen molar-refractivity contribution >= 4 is 16.0 Å². The van der Waals surface area contributed by atoms with E-state index in [4.69, 9.17) is 0 Å². The Labute approximate surface area is 120 Å². The van der Waals surface area contributed by atoms with Gasteiger partial charge in [0.15, 0.2) is 0 Å². The fourth-order valence-corrected chi connectivity index (χ4v) is 2.97. The lowest BCUT2D eigenvalue weighted by Crippen LogP contribution is -2.27. The highest BCUT2D eigenvalue weighted by molar-refractivity contribution is 7.89. The number of rotatable bonds is 7. The minimum atomic E-state index is -3.51. The Hall–Kier alpha value is -1.21. The molecule has 1 fully saturated rings. The van der Waals surface area contributed by atoms with Gasteiger partial charge in [-0.05, 0) is 24.2 Å². The molecule has 1 unspecified atom stereocenters. The van der Waals surface area contributed by atoms with Crippen LogP contribution < -0.4 is 10.0 Å². The number of aromatic nitrogens is 2. The minimum Gasteiger partial charge on any atom is -0.354 e. The van der Waals surface area contributed by atoms with E-state index in [0.29, 0.717) is 18.4 Å². The molecule has 2 rings (SSSR count). The van der Waals surface area contributed by atoms with E-state index < -0.39 is 10.0 Å². The van der Waals surface area contributed by atoms with Gasteiger partial charge in [0, 0.05) is 13.1 Å². The van der Waals surface area contributed by atoms with Crippen molar-refractivity contribution in [3.05, 3.63) is 12.4 Å². The van der Waals surface area contributed by atoms with Gasteiger partial charge in [0.2, 0.25) is 16.0 Å². The first kappa shape index (κ1) is 15.2. The predicted molar refractivity (Wildman–Crippen MR) is 77.9 cm³/mol. The van der Waals surface area contributed by atoms with Crippen LogP contribution in [0.3, 0.4) is 0 Å². The van der Waals surface area contributed by atoms with E-state index in [-0.39, 0.29) is 10.3 Å². The number of hydrogen-bond donors (Lipinski definition) is 2. The van der Waals surface area contributed by atoms with Crippen LogP contribution in [0.5, 0.6) is 0 Å². The fraction of sp³-hybridized carbons (Fsp3) is 0.692. The van der Waals surface area contributed by atoms with Crippen molar-refractivity contribution in [2.45, 2.75) is 38.5 Å². The summed E-state index contributed by atoms with van der Waals surface area (Å²) in [5, 5.41) is 3.01. The molecule has 1 heterocycles. The van der Waals surface area contributed by atoms with E-state index in [2.05, 4.69) is 33.9 Å². The van der Waals surface area contributed by atoms with E-state index in [9.17, 15) is 8.42 Å². The van der Waals surface area contributed by atoms with E-state index in [0.717, 1.165) is 19.4 Å². The smallest absolute Gasteiger partial charge is 0.243 e. The highest BCUT2D eigenvalue weighted by Crippen LogP contribution is 2.51. The number of sulfonamides is 1. The maximum atomic E-state index is 12.1. The van der Waals surface area contributed by atoms with Crippen LogP contribution in [0.4, 0.5) is 5.95 Å². The van der Waals surface area contributed by atoms with Crippen molar-refractivity contribution in [2.75, 3.05) is 18.4 Å². The second kappa shape index (κ2) is 5.65. The number of nitrogens with zero attached hydrogens (tertiary/aromatic N) is 2. The minimum absolute atomic E-state index is 0.109. The summed E-state index contributed by atoms with van der Waals surface area (Å²) >= 11 is 0. The molecule has 0 spiro atoms. The summed E-state index contributed by atoms with van der Waals surface area (Å²) in [7, 11) is -3.51. The average molecular weight is 298 g/mol. The zero-order valence-electron chi connectivity index (χ0n) is 12.2. The van der Waals surface area contributed by atoms with Gasteiger partial charge in [-0.25, -0.2) is 23.1 Å². The highest BCUT2D eigenvalue weighted by Gasteiger charge is 2.45. The summed E-state index contributed by atoms with van der Waals surface area (Å²) in [6, 6.07) is 0. The van der Waals surface area contributed by atoms with Gasteiger partial charge in [-0.1, -0.05) is 20.8 Å². The molecule has 1 aromatic rings. The van der Waals surface area contributed by atoms with Gasteiger partial charge in [-0.2, -0.15) is 0 Å². The molecular formula is C13H22N4O2S. The number of hydrogen-bond acceptors (Lipinski definition) is 5. The third kappa shape index (κ3) is 3.67. The highest BCUT2D eigenvalue weighted by atomic mass is 32.2. The van der Waals surface area contributed by atoms with E-state index in [1.807, 2.05) is 6.92 Å². The predicted octanol–water partition coefficient (Wildman–Crippen LogP) is 1.62. The molecule has 1 aliphatic rings. The second-order valence-corrected chi connectivity index (χ2v) is 7.68. The second-order valence-electron chi connectivity index (χ2n) is 5.91. The first-order valence-electron chi connectivity index (χ1n) is 6.91. The lowest BCUT2D eigenvalue weighted by molar-refractivity contribution is 0.537. The summed E-state index contributed by atoms with van der Waals surface area (Å²) in [4.78, 5) is 8.13. The Balaban J connectivity index is 1.95. The Morgan fingerprint density at radius 1 is 1.35 bits per heavy atom. The van der Waals surface area contributed by atoms with Crippen LogP contribution in [0, 0.1) is 11.3 Å². The monoisotopic (exact) mass is 298 g/mol. The largest absolute Gasteiger partial charge is 0.354 e. The summed E-state index contributed by atoms with van der Waals surface area (Å²) in [5.41, 5.74) is 0.257. The fourth-order valence-electron chi connectivity index (χ4n) is 2.00. The molecule has 0 bridgehead atoms. The standard InChI is InChI=1S/C13H22N4O2S/c1-4-5-14-12-15-8-11(9-16-12)20(18,19)17-7-10-6-13(10,2)3/h8-10,17H,4-7H2,1-3H3,(H,14,15,16). The summed E-state index contributed by atoms with van der Waals surface area (Å²) in [6.07, 6.45) is 4.70. The molecule has 2 N–H and O–H groups in total. The SMILES string of the molecule is CCCNc1ncc(S(=O)(=O)NCC2CC2(C)C)cn1. The normalized spacial score (nSPS) is 20.6. The zero-order chi connectivity index (χ0) is 14.8. The van der Waals surface area contributed by atoms with E-state index in [1.54, 1.807) is 0 Å². The van der Waals surface area contributed by atoms with E-state index in [1.165, 1.54) is 12.4 Å². The van der Waals surface area contributed by atoms with E-state index >= 15 is 0 Å². The molecule has 20 heavy (non-hydrogen) atoms. The van der Waals surface area contributed by atoms with Crippen molar-refractivity contribution in [2.24, 2.45) is 11.3 Å². The summed E-state index contributed by atoms with van der Waals surface area (Å²) in [5.74, 6) is 0.873. The Morgan fingerprint density at radius 2 is 1.95 bits per heavy atom. The average Bonchev–Trinajstić information content (AvgIpc) is 3.02. The molecule has 112 valence electrons. The van der Waals surface area contributed by atoms with Crippen LogP contribution in [0.15, 0.2) is 17.3 Å². The van der Waals surface area contributed by atoms with Crippen LogP contribution in [0.2, 0.25) is 0 Å². The van der Waals surface area contributed by atoms with Crippen LogP contribution in [-0.2, 0) is 10.0 Å². The molecule has 0 aromatic carbocycles. The van der Waals surface area contributed by atoms with Crippen molar-refractivity contribution in [1.29, 1.82) is 0 Å². The van der Waals surface area contributed by atoms with Gasteiger partial charge in [0.25, 0.3) is 0 Å². The van der Waals surface area contributed by atoms with Crippen molar-refractivity contribution in [1.82, 2.24) is 14.7 Å². The van der Waals surface area contributed by atoms with Gasteiger partial charge >= 0.3 is 0 Å². The van der Waals surface area contributed by atoms with Crippen LogP contribution in [-0.4, -0.2) is 31.5 Å². The number of anilines is 1. The van der Waals surface area contributed by atoms with Crippen molar-refractivity contribution in [3.8, 4) is 0 Å². The van der Waals surface area contributed by atoms with Crippen molar-refractivity contribution < 1.29 is 8.42 Å². The van der Waals surface area contributed by atoms with Gasteiger partial charge < -0.3 is 5.32 Å². The molecule has 1 aromatic heterocycles. The van der Waals surface area contributed by atoms with Gasteiger partial charge in [-0.3, -0.25) is 0 Å². The first-order chi connectivity index (χ1) is 9.35. The molecule has 0 saturated heterocycles. The molecule has 1 atom stereocenters. The zero-order valence-corrected chi connectivity index (χ0v) is 13.0. The van der Waals surface area contributed by atoms with Gasteiger partial charge in [-0.15, -0.1) is 0 Å². The Morgan fingerprint density at radius 3 is 2.45 bits per heavy atom. The van der Waals surface area contributed by atoms with Gasteiger partial charge in [0.05, 0.1) is 12.4 Å². The molecule has 1 saturated carbocycles. The molecule has 1 aliphatic carbocycles. The third-order valence-electron chi connectivity index (χ3n) is 3.71. The maximum absolute atomic E-state index is 12.1. The summed E-state index contributed by atoms with van der Waals surface area (Å²) in [6.45, 7) is 7.56. The molecular weight excluding hydrogens is 276 g/mol. The molecule has 7 heteroatoms. The molecule has 0 aliphatic heterocycles.